The highest BCUT2D eigenvalue weighted by Gasteiger charge is 2.30. The van der Waals surface area contributed by atoms with Crippen LogP contribution in [-0.4, -0.2) is 69.1 Å². The zero-order valence-corrected chi connectivity index (χ0v) is 20.8. The van der Waals surface area contributed by atoms with Gasteiger partial charge >= 0.3 is 11.9 Å². The highest BCUT2D eigenvalue weighted by atomic mass is 16.4. The van der Waals surface area contributed by atoms with Crippen LogP contribution in [0.5, 0.6) is 5.75 Å². The third-order valence-electron chi connectivity index (χ3n) is 5.65. The van der Waals surface area contributed by atoms with Crippen LogP contribution < -0.4 is 21.7 Å². The number of carboxylic acids is 2. The molecule has 38 heavy (non-hydrogen) atoms. The van der Waals surface area contributed by atoms with E-state index in [1.165, 1.54) is 19.1 Å². The number of amides is 3. The van der Waals surface area contributed by atoms with Crippen LogP contribution in [0.3, 0.4) is 0 Å². The van der Waals surface area contributed by atoms with Gasteiger partial charge in [-0.3, -0.25) is 24.0 Å². The molecule has 0 heterocycles. The molecule has 8 N–H and O–H groups in total. The van der Waals surface area contributed by atoms with Crippen LogP contribution in [0.4, 0.5) is 0 Å². The predicted molar refractivity (Wildman–Crippen MR) is 136 cm³/mol. The van der Waals surface area contributed by atoms with Gasteiger partial charge in [-0.1, -0.05) is 42.5 Å². The van der Waals surface area contributed by atoms with Crippen molar-refractivity contribution in [1.82, 2.24) is 16.0 Å². The number of phenolic OH excluding ortho intramolecular Hbond substituents is 1. The maximum atomic E-state index is 13.2. The van der Waals surface area contributed by atoms with Crippen LogP contribution in [-0.2, 0) is 36.8 Å². The molecule has 0 fully saturated rings. The first-order valence-corrected chi connectivity index (χ1v) is 11.9. The van der Waals surface area contributed by atoms with Crippen LogP contribution in [0, 0.1) is 0 Å². The standard InChI is InChI=1S/C26H32N4O8/c1-15(26(37)38)28-24(35)20(11-12-22(32)33)29-25(36)21(14-16-5-3-2-4-6-16)30-23(34)19(27)13-17-7-9-18(31)10-8-17/h2-10,15,19-21,31H,11-14,27H2,1H3,(H,28,35)(H,29,36)(H,30,34)(H,32,33)(H,37,38). The molecule has 204 valence electrons. The predicted octanol–water partition coefficient (Wildman–Crippen LogP) is -0.0716. The van der Waals surface area contributed by atoms with Crippen LogP contribution in [0.1, 0.15) is 30.9 Å². The number of carbonyl (C=O) groups is 5. The van der Waals surface area contributed by atoms with Crippen molar-refractivity contribution in [2.45, 2.75) is 56.8 Å². The van der Waals surface area contributed by atoms with E-state index in [-0.39, 0.29) is 25.0 Å². The number of aromatic hydroxyl groups is 1. The van der Waals surface area contributed by atoms with E-state index >= 15 is 0 Å². The van der Waals surface area contributed by atoms with E-state index in [1.54, 1.807) is 42.5 Å². The van der Waals surface area contributed by atoms with Crippen LogP contribution in [0.2, 0.25) is 0 Å². The fourth-order valence-corrected chi connectivity index (χ4v) is 3.50. The molecule has 2 rings (SSSR count). The molecular weight excluding hydrogens is 496 g/mol. The first-order chi connectivity index (χ1) is 18.0. The van der Waals surface area contributed by atoms with Gasteiger partial charge in [-0.25, -0.2) is 0 Å². The smallest absolute Gasteiger partial charge is 0.325 e. The maximum absolute atomic E-state index is 13.2. The summed E-state index contributed by atoms with van der Waals surface area (Å²) in [6.45, 7) is 1.23. The maximum Gasteiger partial charge on any atom is 0.325 e. The summed E-state index contributed by atoms with van der Waals surface area (Å²) in [4.78, 5) is 61.0. The topological polar surface area (TPSA) is 208 Å². The van der Waals surface area contributed by atoms with Crippen molar-refractivity contribution in [3.8, 4) is 5.75 Å². The minimum Gasteiger partial charge on any atom is -0.508 e. The van der Waals surface area contributed by atoms with Crippen molar-refractivity contribution in [2.75, 3.05) is 0 Å². The zero-order valence-electron chi connectivity index (χ0n) is 20.8. The van der Waals surface area contributed by atoms with Crippen LogP contribution in [0.25, 0.3) is 0 Å². The van der Waals surface area contributed by atoms with Crippen LogP contribution >= 0.6 is 0 Å². The fraction of sp³-hybridized carbons (Fsp3) is 0.346. The average molecular weight is 529 g/mol. The lowest BCUT2D eigenvalue weighted by Gasteiger charge is -2.25. The Hall–Kier alpha value is -4.45. The minimum absolute atomic E-state index is 0.0448. The van der Waals surface area contributed by atoms with Gasteiger partial charge in [0.05, 0.1) is 6.04 Å². The Labute approximate surface area is 219 Å². The van der Waals surface area contributed by atoms with Gasteiger partial charge in [0.1, 0.15) is 23.9 Å². The Bertz CT molecular complexity index is 1120. The van der Waals surface area contributed by atoms with E-state index in [0.29, 0.717) is 11.1 Å². The number of hydrogen-bond acceptors (Lipinski definition) is 7. The number of phenols is 1. The molecule has 12 nitrogen and oxygen atoms in total. The van der Waals surface area contributed by atoms with Crippen molar-refractivity contribution in [3.05, 3.63) is 65.7 Å². The molecule has 0 aromatic heterocycles. The van der Waals surface area contributed by atoms with E-state index in [0.717, 1.165) is 0 Å². The number of hydrogen-bond donors (Lipinski definition) is 7. The monoisotopic (exact) mass is 528 g/mol. The first-order valence-electron chi connectivity index (χ1n) is 11.9. The van der Waals surface area contributed by atoms with Crippen molar-refractivity contribution in [2.24, 2.45) is 5.73 Å². The summed E-state index contributed by atoms with van der Waals surface area (Å²) in [6, 6.07) is 10.1. The first kappa shape index (κ1) is 29.8. The molecular formula is C26H32N4O8. The second-order valence-electron chi connectivity index (χ2n) is 8.79. The average Bonchev–Trinajstić information content (AvgIpc) is 2.87. The number of carboxylic acid groups (broad SMARTS) is 2. The molecule has 0 aliphatic heterocycles. The Kier molecular flexibility index (Phi) is 11.2. The van der Waals surface area contributed by atoms with Gasteiger partial charge in [0, 0.05) is 12.8 Å². The summed E-state index contributed by atoms with van der Waals surface area (Å²) in [5.74, 6) is -4.74. The lowest BCUT2D eigenvalue weighted by Crippen LogP contribution is -2.57. The van der Waals surface area contributed by atoms with Gasteiger partial charge in [0.2, 0.25) is 17.7 Å². The van der Waals surface area contributed by atoms with E-state index in [2.05, 4.69) is 16.0 Å². The fourth-order valence-electron chi connectivity index (χ4n) is 3.50. The van der Waals surface area contributed by atoms with Gasteiger partial charge in [0.25, 0.3) is 0 Å². The molecule has 3 amide bonds. The highest BCUT2D eigenvalue weighted by Crippen LogP contribution is 2.11. The Balaban J connectivity index is 2.19. The van der Waals surface area contributed by atoms with E-state index in [1.807, 2.05) is 0 Å². The number of aliphatic carboxylic acids is 2. The van der Waals surface area contributed by atoms with Crippen LogP contribution in [0.15, 0.2) is 54.6 Å². The molecule has 2 aromatic carbocycles. The summed E-state index contributed by atoms with van der Waals surface area (Å²) in [5.41, 5.74) is 7.44. The Morgan fingerprint density at radius 2 is 1.32 bits per heavy atom. The molecule has 4 atom stereocenters. The SMILES string of the molecule is CC(NC(=O)C(CCC(=O)O)NC(=O)C(Cc1ccccc1)NC(=O)C(N)Cc1ccc(O)cc1)C(=O)O. The molecule has 0 saturated carbocycles. The molecule has 0 bridgehead atoms. The summed E-state index contributed by atoms with van der Waals surface area (Å²) in [7, 11) is 0. The lowest BCUT2D eigenvalue weighted by atomic mass is 10.0. The molecule has 0 aliphatic carbocycles. The normalized spacial score (nSPS) is 13.8. The highest BCUT2D eigenvalue weighted by molar-refractivity contribution is 5.94. The second kappa shape index (κ2) is 14.3. The zero-order chi connectivity index (χ0) is 28.2. The van der Waals surface area contributed by atoms with E-state index in [4.69, 9.17) is 15.9 Å². The molecule has 0 saturated heterocycles. The van der Waals surface area contributed by atoms with Gasteiger partial charge < -0.3 is 37.0 Å². The van der Waals surface area contributed by atoms with Gasteiger partial charge in [-0.05, 0) is 43.0 Å². The number of benzene rings is 2. The molecule has 12 heteroatoms. The second-order valence-corrected chi connectivity index (χ2v) is 8.79. The number of carbonyl (C=O) groups excluding carboxylic acids is 3. The third kappa shape index (κ3) is 9.90. The van der Waals surface area contributed by atoms with E-state index in [9.17, 15) is 29.1 Å². The van der Waals surface area contributed by atoms with Crippen molar-refractivity contribution >= 4 is 29.7 Å². The lowest BCUT2D eigenvalue weighted by molar-refractivity contribution is -0.142. The largest absolute Gasteiger partial charge is 0.508 e. The summed E-state index contributed by atoms with van der Waals surface area (Å²) in [6.07, 6.45) is -0.593. The molecule has 0 aliphatic rings. The molecule has 4 unspecified atom stereocenters. The number of nitrogens with two attached hydrogens (primary N) is 1. The summed E-state index contributed by atoms with van der Waals surface area (Å²) >= 11 is 0. The Morgan fingerprint density at radius 1 is 0.763 bits per heavy atom. The molecule has 2 aromatic rings. The minimum atomic E-state index is -1.36. The van der Waals surface area contributed by atoms with Gasteiger partial charge in [-0.15, -0.1) is 0 Å². The number of rotatable bonds is 14. The third-order valence-corrected chi connectivity index (χ3v) is 5.65. The molecule has 0 spiro atoms. The van der Waals surface area contributed by atoms with Crippen molar-refractivity contribution in [3.63, 3.8) is 0 Å². The summed E-state index contributed by atoms with van der Waals surface area (Å²) in [5, 5.41) is 34.8. The molecule has 0 radical (unpaired) electrons. The Morgan fingerprint density at radius 3 is 1.89 bits per heavy atom. The van der Waals surface area contributed by atoms with E-state index < -0.39 is 60.2 Å². The van der Waals surface area contributed by atoms with Gasteiger partial charge in [-0.2, -0.15) is 0 Å². The number of nitrogens with one attached hydrogen (secondary N) is 3. The quantitative estimate of drug-likeness (QED) is 0.175. The van der Waals surface area contributed by atoms with Crippen molar-refractivity contribution < 1.29 is 39.3 Å². The van der Waals surface area contributed by atoms with Gasteiger partial charge in [0.15, 0.2) is 0 Å². The van der Waals surface area contributed by atoms with Crippen molar-refractivity contribution in [1.29, 1.82) is 0 Å². The summed E-state index contributed by atoms with van der Waals surface area (Å²) < 4.78 is 0.